The average Bonchev–Trinajstić information content (AvgIpc) is 2.54. The van der Waals surface area contributed by atoms with Gasteiger partial charge in [0.05, 0.1) is 5.56 Å². The normalized spacial score (nSPS) is 11.7. The Bertz CT molecular complexity index is 762. The van der Waals surface area contributed by atoms with E-state index in [1.54, 1.807) is 12.1 Å². The molecule has 0 aliphatic heterocycles. The van der Waals surface area contributed by atoms with E-state index in [-0.39, 0.29) is 17.4 Å². The van der Waals surface area contributed by atoms with E-state index in [0.717, 1.165) is 30.5 Å². The highest BCUT2D eigenvalue weighted by Gasteiger charge is 2.22. The van der Waals surface area contributed by atoms with Crippen molar-refractivity contribution in [2.75, 3.05) is 0 Å². The maximum absolute atomic E-state index is 13.8. The third-order valence-electron chi connectivity index (χ3n) is 3.36. The molecule has 0 saturated carbocycles. The number of benzene rings is 2. The Morgan fingerprint density at radius 2 is 1.80 bits per heavy atom. The molecule has 0 saturated heterocycles. The van der Waals surface area contributed by atoms with Crippen LogP contribution in [0.5, 0.6) is 5.75 Å². The highest BCUT2D eigenvalue weighted by Crippen LogP contribution is 2.22. The van der Waals surface area contributed by atoms with E-state index in [1.807, 2.05) is 19.1 Å². The fourth-order valence-electron chi connectivity index (χ4n) is 2.15. The number of hydrogen-bond acceptors (Lipinski definition) is 2. The van der Waals surface area contributed by atoms with E-state index in [1.165, 1.54) is 6.07 Å². The molecular weight excluding hydrogens is 336 g/mol. The number of carbonyl (C=O) groups is 1. The summed E-state index contributed by atoms with van der Waals surface area (Å²) in [6, 6.07) is 10.1. The van der Waals surface area contributed by atoms with Crippen LogP contribution in [0.3, 0.4) is 0 Å². The van der Waals surface area contributed by atoms with Gasteiger partial charge in [0.2, 0.25) is 0 Å². The average molecular weight is 352 g/mol. The fourth-order valence-corrected chi connectivity index (χ4v) is 2.15. The minimum absolute atomic E-state index is 0.0606. The SMILES string of the molecule is CCCc1ccc(C(=O)Oc2ccc(/C=C/C(F)(F)F)c(F)c2)cc1. The quantitative estimate of drug-likeness (QED) is 0.399. The van der Waals surface area contributed by atoms with Gasteiger partial charge in [0.15, 0.2) is 0 Å². The molecule has 2 nitrogen and oxygen atoms in total. The van der Waals surface area contributed by atoms with Gasteiger partial charge in [0.1, 0.15) is 11.6 Å². The molecule has 25 heavy (non-hydrogen) atoms. The summed E-state index contributed by atoms with van der Waals surface area (Å²) in [7, 11) is 0. The van der Waals surface area contributed by atoms with Crippen LogP contribution in [0.2, 0.25) is 0 Å². The topological polar surface area (TPSA) is 26.3 Å². The summed E-state index contributed by atoms with van der Waals surface area (Å²) >= 11 is 0. The first-order valence-corrected chi connectivity index (χ1v) is 7.65. The predicted molar refractivity (Wildman–Crippen MR) is 86.9 cm³/mol. The zero-order valence-corrected chi connectivity index (χ0v) is 13.4. The van der Waals surface area contributed by atoms with E-state index in [9.17, 15) is 22.4 Å². The lowest BCUT2D eigenvalue weighted by Gasteiger charge is -2.07. The van der Waals surface area contributed by atoms with Crippen molar-refractivity contribution in [2.24, 2.45) is 0 Å². The van der Waals surface area contributed by atoms with Gasteiger partial charge in [-0.3, -0.25) is 0 Å². The number of aryl methyl sites for hydroxylation is 1. The van der Waals surface area contributed by atoms with Crippen molar-refractivity contribution < 1.29 is 27.1 Å². The predicted octanol–water partition coefficient (Wildman–Crippen LogP) is 5.57. The van der Waals surface area contributed by atoms with Gasteiger partial charge >= 0.3 is 12.1 Å². The molecule has 0 N–H and O–H groups in total. The van der Waals surface area contributed by atoms with Crippen LogP contribution in [-0.4, -0.2) is 12.1 Å². The zero-order chi connectivity index (χ0) is 18.4. The lowest BCUT2D eigenvalue weighted by atomic mass is 10.1. The van der Waals surface area contributed by atoms with Crippen molar-refractivity contribution in [1.82, 2.24) is 0 Å². The number of carbonyl (C=O) groups excluding carboxylic acids is 1. The standard InChI is InChI=1S/C19H16F4O2/c1-2-3-13-4-6-15(7-5-13)18(24)25-16-9-8-14(17(20)12-16)10-11-19(21,22)23/h4-12H,2-3H2,1H3/b11-10+. The summed E-state index contributed by atoms with van der Waals surface area (Å²) < 4.78 is 55.2. The second-order valence-electron chi connectivity index (χ2n) is 5.39. The number of hydrogen-bond donors (Lipinski definition) is 0. The molecule has 0 heterocycles. The summed E-state index contributed by atoms with van der Waals surface area (Å²) in [5.41, 5.74) is 1.15. The van der Waals surface area contributed by atoms with Gasteiger partial charge in [-0.15, -0.1) is 0 Å². The molecule has 0 bridgehead atoms. The number of esters is 1. The van der Waals surface area contributed by atoms with E-state index in [4.69, 9.17) is 4.74 Å². The monoisotopic (exact) mass is 352 g/mol. The van der Waals surface area contributed by atoms with E-state index in [2.05, 4.69) is 0 Å². The Morgan fingerprint density at radius 1 is 1.12 bits per heavy atom. The Morgan fingerprint density at radius 3 is 2.36 bits per heavy atom. The zero-order valence-electron chi connectivity index (χ0n) is 13.4. The van der Waals surface area contributed by atoms with Crippen molar-refractivity contribution in [3.63, 3.8) is 0 Å². The van der Waals surface area contributed by atoms with Gasteiger partial charge < -0.3 is 4.74 Å². The first-order chi connectivity index (χ1) is 11.8. The highest BCUT2D eigenvalue weighted by molar-refractivity contribution is 5.91. The van der Waals surface area contributed by atoms with Crippen LogP contribution in [0.15, 0.2) is 48.5 Å². The van der Waals surface area contributed by atoms with Gasteiger partial charge in [-0.05, 0) is 42.3 Å². The van der Waals surface area contributed by atoms with Gasteiger partial charge in [0, 0.05) is 17.7 Å². The largest absolute Gasteiger partial charge is 0.423 e. The van der Waals surface area contributed by atoms with Gasteiger partial charge in [0.25, 0.3) is 0 Å². The summed E-state index contributed by atoms with van der Waals surface area (Å²) in [5, 5.41) is 0. The molecule has 0 amide bonds. The van der Waals surface area contributed by atoms with Crippen LogP contribution >= 0.6 is 0 Å². The first-order valence-electron chi connectivity index (χ1n) is 7.65. The number of rotatable bonds is 5. The Kier molecular flexibility index (Phi) is 5.96. The summed E-state index contributed by atoms with van der Waals surface area (Å²) in [6.45, 7) is 2.05. The molecule has 2 rings (SSSR count). The van der Waals surface area contributed by atoms with Gasteiger partial charge in [-0.1, -0.05) is 25.5 Å². The number of ether oxygens (including phenoxy) is 1. The lowest BCUT2D eigenvalue weighted by molar-refractivity contribution is -0.0790. The second-order valence-corrected chi connectivity index (χ2v) is 5.39. The Balaban J connectivity index is 2.08. The van der Waals surface area contributed by atoms with Crippen LogP contribution in [0, 0.1) is 5.82 Å². The maximum Gasteiger partial charge on any atom is 0.409 e. The third-order valence-corrected chi connectivity index (χ3v) is 3.36. The molecule has 2 aromatic rings. The van der Waals surface area contributed by atoms with Gasteiger partial charge in [-0.25, -0.2) is 9.18 Å². The first kappa shape index (κ1) is 18.7. The van der Waals surface area contributed by atoms with E-state index >= 15 is 0 Å². The molecule has 132 valence electrons. The molecule has 0 atom stereocenters. The smallest absolute Gasteiger partial charge is 0.409 e. The molecule has 0 radical (unpaired) electrons. The van der Waals surface area contributed by atoms with Crippen LogP contribution in [-0.2, 0) is 6.42 Å². The molecule has 0 unspecified atom stereocenters. The molecular formula is C19H16F4O2. The van der Waals surface area contributed by atoms with Crippen LogP contribution in [0.25, 0.3) is 6.08 Å². The van der Waals surface area contributed by atoms with Crippen molar-refractivity contribution in [3.8, 4) is 5.75 Å². The van der Waals surface area contributed by atoms with Crippen LogP contribution in [0.4, 0.5) is 17.6 Å². The molecule has 6 heteroatoms. The molecule has 0 aliphatic carbocycles. The maximum atomic E-state index is 13.8. The third kappa shape index (κ3) is 5.74. The fraction of sp³-hybridized carbons (Fsp3) is 0.211. The second kappa shape index (κ2) is 7.96. The van der Waals surface area contributed by atoms with Gasteiger partial charge in [-0.2, -0.15) is 13.2 Å². The Labute approximate surface area is 142 Å². The minimum atomic E-state index is -4.53. The highest BCUT2D eigenvalue weighted by atomic mass is 19.4. The number of alkyl halides is 3. The summed E-state index contributed by atoms with van der Waals surface area (Å²) in [4.78, 5) is 12.0. The van der Waals surface area contributed by atoms with Crippen LogP contribution < -0.4 is 4.74 Å². The van der Waals surface area contributed by atoms with Crippen molar-refractivity contribution in [1.29, 1.82) is 0 Å². The number of halogens is 4. The van der Waals surface area contributed by atoms with Crippen LogP contribution in [0.1, 0.15) is 34.8 Å². The molecule has 0 aromatic heterocycles. The number of allylic oxidation sites excluding steroid dienone is 1. The summed E-state index contributed by atoms with van der Waals surface area (Å²) in [6.07, 6.45) is -2.09. The molecule has 0 fully saturated rings. The van der Waals surface area contributed by atoms with E-state index in [0.29, 0.717) is 11.6 Å². The summed E-state index contributed by atoms with van der Waals surface area (Å²) in [5.74, 6) is -1.66. The van der Waals surface area contributed by atoms with Crippen molar-refractivity contribution in [2.45, 2.75) is 25.9 Å². The Hall–Kier alpha value is -2.63. The van der Waals surface area contributed by atoms with Crippen molar-refractivity contribution >= 4 is 12.0 Å². The minimum Gasteiger partial charge on any atom is -0.423 e. The van der Waals surface area contributed by atoms with Crippen molar-refractivity contribution in [3.05, 3.63) is 71.0 Å². The lowest BCUT2D eigenvalue weighted by Crippen LogP contribution is -2.08. The van der Waals surface area contributed by atoms with E-state index < -0.39 is 18.0 Å². The molecule has 0 spiro atoms. The molecule has 0 aliphatic rings. The molecule has 2 aromatic carbocycles.